The van der Waals surface area contributed by atoms with Crippen LogP contribution in [-0.2, 0) is 4.79 Å². The van der Waals surface area contributed by atoms with Gasteiger partial charge in [0.2, 0.25) is 0 Å². The van der Waals surface area contributed by atoms with Crippen molar-refractivity contribution in [2.45, 2.75) is 6.92 Å². The highest BCUT2D eigenvalue weighted by molar-refractivity contribution is 8.13. The van der Waals surface area contributed by atoms with Gasteiger partial charge in [-0.05, 0) is 13.2 Å². The molecule has 4 heteroatoms. The van der Waals surface area contributed by atoms with Gasteiger partial charge in [0.05, 0.1) is 0 Å². The second-order valence-electron chi connectivity index (χ2n) is 2.14. The van der Waals surface area contributed by atoms with Gasteiger partial charge in [-0.1, -0.05) is 17.8 Å². The lowest BCUT2D eigenvalue weighted by Gasteiger charge is -2.07. The van der Waals surface area contributed by atoms with E-state index in [1.165, 1.54) is 11.8 Å². The summed E-state index contributed by atoms with van der Waals surface area (Å²) in [6, 6.07) is 0. The molecule has 0 atom stereocenters. The van der Waals surface area contributed by atoms with Gasteiger partial charge in [0.25, 0.3) is 5.91 Å². The van der Waals surface area contributed by atoms with Crippen molar-refractivity contribution in [1.29, 1.82) is 0 Å². The van der Waals surface area contributed by atoms with Crippen LogP contribution in [0.5, 0.6) is 0 Å². The third kappa shape index (κ3) is 1.30. The molecule has 0 aromatic heterocycles. The second kappa shape index (κ2) is 3.09. The van der Waals surface area contributed by atoms with E-state index in [2.05, 4.69) is 4.99 Å². The highest BCUT2D eigenvalue weighted by Crippen LogP contribution is 2.17. The van der Waals surface area contributed by atoms with Crippen LogP contribution in [-0.4, -0.2) is 29.3 Å². The van der Waals surface area contributed by atoms with Crippen LogP contribution < -0.4 is 0 Å². The maximum atomic E-state index is 11.2. The van der Waals surface area contributed by atoms with E-state index < -0.39 is 0 Å². The summed E-state index contributed by atoms with van der Waals surface area (Å²) in [4.78, 5) is 16.9. The molecule has 0 aromatic carbocycles. The molecule has 1 heterocycles. The van der Waals surface area contributed by atoms with E-state index in [4.69, 9.17) is 0 Å². The van der Waals surface area contributed by atoms with Crippen molar-refractivity contribution in [3.05, 3.63) is 11.8 Å². The average molecular weight is 170 g/mol. The quantitative estimate of drug-likeness (QED) is 0.510. The minimum Gasteiger partial charge on any atom is -0.289 e. The smallest absolute Gasteiger partial charge is 0.277 e. The zero-order valence-electron chi connectivity index (χ0n) is 6.79. The van der Waals surface area contributed by atoms with Crippen molar-refractivity contribution in [2.24, 2.45) is 4.99 Å². The summed E-state index contributed by atoms with van der Waals surface area (Å²) in [5, 5.41) is 0.767. The fraction of sp³-hybridized carbons (Fsp3) is 0.429. The van der Waals surface area contributed by atoms with Gasteiger partial charge in [0.15, 0.2) is 5.17 Å². The first-order valence-electron chi connectivity index (χ1n) is 3.27. The Morgan fingerprint density at radius 2 is 2.27 bits per heavy atom. The van der Waals surface area contributed by atoms with Crippen LogP contribution in [0.2, 0.25) is 0 Å². The standard InChI is InChI=1S/C7H10N2OS/c1-4-5-6(10)9(2)7(8-5)11-3/h4H,1-3H3. The lowest BCUT2D eigenvalue weighted by atomic mass is 10.4. The van der Waals surface area contributed by atoms with Gasteiger partial charge in [-0.2, -0.15) is 0 Å². The highest BCUT2D eigenvalue weighted by Gasteiger charge is 2.24. The van der Waals surface area contributed by atoms with Crippen molar-refractivity contribution < 1.29 is 4.79 Å². The number of rotatable bonds is 0. The number of likely N-dealkylation sites (N-methyl/N-ethyl adjacent to an activating group) is 1. The molecule has 0 aliphatic carbocycles. The molecule has 1 aliphatic heterocycles. The zero-order chi connectivity index (χ0) is 8.43. The Labute approximate surface area is 70.2 Å². The van der Waals surface area contributed by atoms with Crippen LogP contribution in [0.25, 0.3) is 0 Å². The Bertz CT molecular complexity index is 245. The van der Waals surface area contributed by atoms with Gasteiger partial charge in [0.1, 0.15) is 5.70 Å². The predicted molar refractivity (Wildman–Crippen MR) is 47.5 cm³/mol. The number of allylic oxidation sites excluding steroid dienone is 1. The summed E-state index contributed by atoms with van der Waals surface area (Å²) in [7, 11) is 1.73. The number of carbonyl (C=O) groups excluding carboxylic acids is 1. The van der Waals surface area contributed by atoms with E-state index in [1.54, 1.807) is 18.0 Å². The van der Waals surface area contributed by atoms with Gasteiger partial charge in [-0.15, -0.1) is 0 Å². The summed E-state index contributed by atoms with van der Waals surface area (Å²) in [5.74, 6) is -0.0168. The summed E-state index contributed by atoms with van der Waals surface area (Å²) in [6.45, 7) is 1.81. The Morgan fingerprint density at radius 3 is 2.55 bits per heavy atom. The second-order valence-corrected chi connectivity index (χ2v) is 2.91. The van der Waals surface area contributed by atoms with Gasteiger partial charge >= 0.3 is 0 Å². The van der Waals surface area contributed by atoms with Gasteiger partial charge in [0, 0.05) is 7.05 Å². The molecule has 60 valence electrons. The number of amidine groups is 1. The van der Waals surface area contributed by atoms with Crippen LogP contribution in [0.1, 0.15) is 6.92 Å². The molecule has 1 amide bonds. The number of thioether (sulfide) groups is 1. The van der Waals surface area contributed by atoms with Crippen LogP contribution in [0, 0.1) is 0 Å². The molecule has 0 radical (unpaired) electrons. The summed E-state index contributed by atoms with van der Waals surface area (Å²) >= 11 is 1.48. The number of aliphatic imine (C=N–C) groups is 1. The van der Waals surface area contributed by atoms with E-state index >= 15 is 0 Å². The van der Waals surface area contributed by atoms with E-state index in [9.17, 15) is 4.79 Å². The molecule has 0 saturated carbocycles. The van der Waals surface area contributed by atoms with Crippen molar-refractivity contribution in [3.8, 4) is 0 Å². The zero-order valence-corrected chi connectivity index (χ0v) is 7.60. The topological polar surface area (TPSA) is 32.7 Å². The molecule has 0 fully saturated rings. The molecule has 1 rings (SSSR count). The fourth-order valence-corrected chi connectivity index (χ4v) is 1.40. The fourth-order valence-electron chi connectivity index (χ4n) is 0.855. The molecular weight excluding hydrogens is 160 g/mol. The number of hydrogen-bond donors (Lipinski definition) is 0. The first-order valence-corrected chi connectivity index (χ1v) is 4.50. The number of hydrogen-bond acceptors (Lipinski definition) is 3. The minimum absolute atomic E-state index is 0.0168. The molecule has 11 heavy (non-hydrogen) atoms. The van der Waals surface area contributed by atoms with Crippen LogP contribution in [0.3, 0.4) is 0 Å². The van der Waals surface area contributed by atoms with Crippen molar-refractivity contribution in [3.63, 3.8) is 0 Å². The summed E-state index contributed by atoms with van der Waals surface area (Å²) < 4.78 is 0. The lowest BCUT2D eigenvalue weighted by Crippen LogP contribution is -2.25. The first kappa shape index (κ1) is 8.33. The van der Waals surface area contributed by atoms with E-state index in [-0.39, 0.29) is 5.91 Å². The van der Waals surface area contributed by atoms with Gasteiger partial charge in [-0.25, -0.2) is 4.99 Å². The number of amides is 1. The third-order valence-electron chi connectivity index (χ3n) is 1.48. The molecule has 0 bridgehead atoms. The third-order valence-corrected chi connectivity index (χ3v) is 2.21. The maximum absolute atomic E-state index is 11.2. The predicted octanol–water partition coefficient (Wildman–Crippen LogP) is 1.08. The van der Waals surface area contributed by atoms with Crippen molar-refractivity contribution in [2.75, 3.05) is 13.3 Å². The molecule has 0 spiro atoms. The molecule has 1 aliphatic rings. The van der Waals surface area contributed by atoms with Crippen LogP contribution in [0.4, 0.5) is 0 Å². The molecule has 3 nitrogen and oxygen atoms in total. The lowest BCUT2D eigenvalue weighted by molar-refractivity contribution is -0.121. The Morgan fingerprint density at radius 1 is 1.64 bits per heavy atom. The van der Waals surface area contributed by atoms with Crippen LogP contribution in [0.15, 0.2) is 16.8 Å². The highest BCUT2D eigenvalue weighted by atomic mass is 32.2. The van der Waals surface area contributed by atoms with Gasteiger partial charge in [-0.3, -0.25) is 9.69 Å². The average Bonchev–Trinajstić information content (AvgIpc) is 2.30. The van der Waals surface area contributed by atoms with E-state index in [0.717, 1.165) is 5.17 Å². The molecule has 0 saturated heterocycles. The largest absolute Gasteiger partial charge is 0.289 e. The molecule has 0 unspecified atom stereocenters. The molecular formula is C7H10N2OS. The monoisotopic (exact) mass is 170 g/mol. The van der Waals surface area contributed by atoms with E-state index in [0.29, 0.717) is 5.70 Å². The first-order chi connectivity index (χ1) is 5.20. The Kier molecular flexibility index (Phi) is 2.34. The Balaban J connectivity index is 2.94. The number of carbonyl (C=O) groups is 1. The molecule has 0 aromatic rings. The normalized spacial score (nSPS) is 21.4. The summed E-state index contributed by atoms with van der Waals surface area (Å²) in [5.41, 5.74) is 0.539. The SMILES string of the molecule is CC=C1N=C(SC)N(C)C1=O. The van der Waals surface area contributed by atoms with Crippen LogP contribution >= 0.6 is 11.8 Å². The van der Waals surface area contributed by atoms with Gasteiger partial charge < -0.3 is 0 Å². The maximum Gasteiger partial charge on any atom is 0.277 e. The minimum atomic E-state index is -0.0168. The van der Waals surface area contributed by atoms with E-state index in [1.807, 2.05) is 13.2 Å². The van der Waals surface area contributed by atoms with Crippen molar-refractivity contribution >= 4 is 22.8 Å². The van der Waals surface area contributed by atoms with Crippen molar-refractivity contribution in [1.82, 2.24) is 4.90 Å². The Hall–Kier alpha value is -0.770. The number of nitrogens with zero attached hydrogens (tertiary/aromatic N) is 2. The molecule has 0 N–H and O–H groups in total. The summed E-state index contributed by atoms with van der Waals surface area (Å²) in [6.07, 6.45) is 3.63.